The zero-order chi connectivity index (χ0) is 25.7. The first kappa shape index (κ1) is 28.5. The third-order valence-electron chi connectivity index (χ3n) is 5.98. The monoisotopic (exact) mass is 550 g/mol. The maximum Gasteiger partial charge on any atom is 0.232 e. The van der Waals surface area contributed by atoms with E-state index in [0.717, 1.165) is 31.7 Å². The molecule has 1 aromatic carbocycles. The molecule has 0 spiro atoms. The van der Waals surface area contributed by atoms with Gasteiger partial charge in [0.15, 0.2) is 11.6 Å². The molecular weight excluding hydrogens is 519 g/mol. The summed E-state index contributed by atoms with van der Waals surface area (Å²) < 4.78 is 47.5. The first-order valence-electron chi connectivity index (χ1n) is 12.0. The van der Waals surface area contributed by atoms with Crippen LogP contribution in [0.4, 0.5) is 16.0 Å². The molecule has 1 fully saturated rings. The van der Waals surface area contributed by atoms with Crippen molar-refractivity contribution in [3.05, 3.63) is 54.1 Å². The van der Waals surface area contributed by atoms with E-state index in [0.29, 0.717) is 29.2 Å². The van der Waals surface area contributed by atoms with Gasteiger partial charge in [0.2, 0.25) is 21.9 Å². The maximum atomic E-state index is 15.0. The number of aryl methyl sites for hydroxylation is 1. The average molecular weight is 551 g/mol. The molecule has 0 radical (unpaired) electrons. The Labute approximate surface area is 222 Å². The normalized spacial score (nSPS) is 17.5. The summed E-state index contributed by atoms with van der Waals surface area (Å²) in [6, 6.07) is 8.40. The fourth-order valence-electron chi connectivity index (χ4n) is 4.21. The minimum absolute atomic E-state index is 0. The molecule has 0 bridgehead atoms. The van der Waals surface area contributed by atoms with Gasteiger partial charge in [-0.25, -0.2) is 27.8 Å². The minimum atomic E-state index is -3.55. The quantitative estimate of drug-likeness (QED) is 0.338. The van der Waals surface area contributed by atoms with Crippen LogP contribution in [0.2, 0.25) is 0 Å². The number of halogens is 2. The van der Waals surface area contributed by atoms with E-state index in [9.17, 15) is 8.42 Å². The van der Waals surface area contributed by atoms with Crippen molar-refractivity contribution < 1.29 is 17.5 Å². The van der Waals surface area contributed by atoms with Crippen molar-refractivity contribution in [2.45, 2.75) is 58.0 Å². The molecule has 200 valence electrons. The largest absolute Gasteiger partial charge is 0.435 e. The number of ether oxygens (including phenoxy) is 1. The summed E-state index contributed by atoms with van der Waals surface area (Å²) in [6.07, 6.45) is 7.49. The summed E-state index contributed by atoms with van der Waals surface area (Å²) in [4.78, 5) is 13.3. The average Bonchev–Trinajstić information content (AvgIpc) is 2.83. The van der Waals surface area contributed by atoms with Gasteiger partial charge in [-0.2, -0.15) is 0 Å². The van der Waals surface area contributed by atoms with Gasteiger partial charge in [-0.1, -0.05) is 6.92 Å². The third-order valence-corrected chi connectivity index (χ3v) is 7.47. The molecule has 0 atom stereocenters. The molecule has 1 saturated carbocycles. The van der Waals surface area contributed by atoms with E-state index < -0.39 is 15.8 Å². The van der Waals surface area contributed by atoms with Crippen LogP contribution in [0, 0.1) is 12.7 Å². The van der Waals surface area contributed by atoms with Gasteiger partial charge in [0, 0.05) is 30.5 Å². The van der Waals surface area contributed by atoms with Gasteiger partial charge in [0.05, 0.1) is 22.7 Å². The van der Waals surface area contributed by atoms with Gasteiger partial charge in [-0.15, -0.1) is 12.4 Å². The highest BCUT2D eigenvalue weighted by molar-refractivity contribution is 7.92. The van der Waals surface area contributed by atoms with Crippen molar-refractivity contribution in [1.82, 2.24) is 15.0 Å². The van der Waals surface area contributed by atoms with Crippen LogP contribution in [0.3, 0.4) is 0 Å². The number of nitrogens with zero attached hydrogens (tertiary/aromatic N) is 3. The van der Waals surface area contributed by atoms with Crippen LogP contribution in [0.1, 0.15) is 44.6 Å². The van der Waals surface area contributed by atoms with E-state index in [4.69, 9.17) is 10.5 Å². The van der Waals surface area contributed by atoms with Gasteiger partial charge in [-0.3, -0.25) is 4.72 Å². The Kier molecular flexibility index (Phi) is 9.63. The SMILES string of the molecule is CCCS(=O)(=O)Nc1cc(C)c(Oc2ncccc2-c2ccnc(NC3CCC(N)CC3)n2)c(F)c1.Cl. The molecule has 0 saturated heterocycles. The molecule has 4 N–H and O–H groups in total. The van der Waals surface area contributed by atoms with E-state index in [1.807, 2.05) is 0 Å². The molecule has 0 amide bonds. The Morgan fingerprint density at radius 1 is 1.14 bits per heavy atom. The molecule has 3 aromatic rings. The Hall–Kier alpha value is -3.02. The Morgan fingerprint density at radius 3 is 2.59 bits per heavy atom. The minimum Gasteiger partial charge on any atom is -0.435 e. The zero-order valence-corrected chi connectivity index (χ0v) is 22.4. The molecule has 2 heterocycles. The van der Waals surface area contributed by atoms with Crippen molar-refractivity contribution in [2.24, 2.45) is 5.73 Å². The van der Waals surface area contributed by atoms with Crippen LogP contribution in [0.25, 0.3) is 11.3 Å². The molecule has 4 rings (SSSR count). The Morgan fingerprint density at radius 2 is 1.89 bits per heavy atom. The number of pyridine rings is 1. The number of hydrogen-bond donors (Lipinski definition) is 3. The molecule has 1 aliphatic carbocycles. The highest BCUT2D eigenvalue weighted by Crippen LogP contribution is 2.35. The molecule has 1 aliphatic rings. The van der Waals surface area contributed by atoms with Gasteiger partial charge >= 0.3 is 0 Å². The number of sulfonamides is 1. The maximum absolute atomic E-state index is 15.0. The number of nitrogens with one attached hydrogen (secondary N) is 2. The molecule has 12 heteroatoms. The summed E-state index contributed by atoms with van der Waals surface area (Å²) in [7, 11) is -3.55. The molecule has 0 unspecified atom stereocenters. The lowest BCUT2D eigenvalue weighted by molar-refractivity contribution is 0.410. The molecule has 0 aliphatic heterocycles. The fraction of sp³-hybridized carbons (Fsp3) is 0.400. The van der Waals surface area contributed by atoms with Crippen molar-refractivity contribution >= 4 is 34.1 Å². The first-order chi connectivity index (χ1) is 17.2. The highest BCUT2D eigenvalue weighted by atomic mass is 35.5. The zero-order valence-electron chi connectivity index (χ0n) is 20.8. The van der Waals surface area contributed by atoms with E-state index in [2.05, 4.69) is 25.0 Å². The second-order valence-corrected chi connectivity index (χ2v) is 10.8. The Bertz CT molecular complexity index is 1300. The second kappa shape index (κ2) is 12.5. The van der Waals surface area contributed by atoms with Crippen molar-refractivity contribution in [3.63, 3.8) is 0 Å². The van der Waals surface area contributed by atoms with Gasteiger partial charge in [0.25, 0.3) is 0 Å². The Balaban J connectivity index is 0.00000380. The smallest absolute Gasteiger partial charge is 0.232 e. The summed E-state index contributed by atoms with van der Waals surface area (Å²) in [6.45, 7) is 3.40. The number of aromatic nitrogens is 3. The lowest BCUT2D eigenvalue weighted by Gasteiger charge is -2.26. The number of nitrogens with two attached hydrogens (primary N) is 1. The van der Waals surface area contributed by atoms with Crippen LogP contribution in [-0.2, 0) is 10.0 Å². The van der Waals surface area contributed by atoms with Crippen molar-refractivity contribution in [2.75, 3.05) is 15.8 Å². The summed E-state index contributed by atoms with van der Waals surface area (Å²) in [5.41, 5.74) is 7.70. The lowest BCUT2D eigenvalue weighted by Crippen LogP contribution is -2.33. The van der Waals surface area contributed by atoms with Crippen LogP contribution in [0.15, 0.2) is 42.7 Å². The van der Waals surface area contributed by atoms with Gasteiger partial charge in [-0.05, 0) is 68.9 Å². The number of hydrogen-bond acceptors (Lipinski definition) is 8. The number of rotatable bonds is 9. The summed E-state index contributed by atoms with van der Waals surface area (Å²) in [5, 5.41) is 3.38. The molecular formula is C25H32ClFN6O3S. The molecule has 2 aromatic heterocycles. The highest BCUT2D eigenvalue weighted by Gasteiger charge is 2.20. The van der Waals surface area contributed by atoms with Crippen LogP contribution >= 0.6 is 12.4 Å². The van der Waals surface area contributed by atoms with Crippen LogP contribution < -0.4 is 20.5 Å². The molecule has 37 heavy (non-hydrogen) atoms. The number of benzene rings is 1. The predicted molar refractivity (Wildman–Crippen MR) is 145 cm³/mol. The predicted octanol–water partition coefficient (Wildman–Crippen LogP) is 5.03. The second-order valence-electron chi connectivity index (χ2n) is 9.00. The van der Waals surface area contributed by atoms with E-state index in [-0.39, 0.29) is 47.6 Å². The standard InChI is InChI=1S/C25H31FN6O3S.ClH/c1-3-13-36(33,34)32-19-14-16(2)23(21(26)15-19)35-24-20(5-4-11-28-24)22-10-12-29-25(31-22)30-18-8-6-17(27)7-9-18;/h4-5,10-12,14-15,17-18,32H,3,6-9,13,27H2,1-2H3,(H,29,30,31);1H. The van der Waals surface area contributed by atoms with E-state index in [1.54, 1.807) is 44.4 Å². The van der Waals surface area contributed by atoms with Crippen molar-refractivity contribution in [3.8, 4) is 22.9 Å². The van der Waals surface area contributed by atoms with E-state index >= 15 is 4.39 Å². The van der Waals surface area contributed by atoms with Gasteiger partial charge < -0.3 is 15.8 Å². The van der Waals surface area contributed by atoms with E-state index in [1.165, 1.54) is 6.07 Å². The van der Waals surface area contributed by atoms with Gasteiger partial charge in [0.1, 0.15) is 0 Å². The summed E-state index contributed by atoms with van der Waals surface area (Å²) >= 11 is 0. The third kappa shape index (κ3) is 7.50. The number of anilines is 2. The lowest BCUT2D eigenvalue weighted by atomic mass is 9.92. The topological polar surface area (TPSA) is 132 Å². The summed E-state index contributed by atoms with van der Waals surface area (Å²) in [5.74, 6) is -0.130. The molecule has 9 nitrogen and oxygen atoms in total. The fourth-order valence-corrected chi connectivity index (χ4v) is 5.32. The van der Waals surface area contributed by atoms with Crippen LogP contribution in [-0.4, -0.2) is 41.2 Å². The van der Waals surface area contributed by atoms with Crippen LogP contribution in [0.5, 0.6) is 11.6 Å². The first-order valence-corrected chi connectivity index (χ1v) is 13.7. The van der Waals surface area contributed by atoms with Crippen molar-refractivity contribution in [1.29, 1.82) is 0 Å².